The van der Waals surface area contributed by atoms with Gasteiger partial charge in [-0.25, -0.2) is 8.42 Å². The van der Waals surface area contributed by atoms with E-state index in [-0.39, 0.29) is 4.21 Å². The molecule has 0 spiro atoms. The highest BCUT2D eigenvalue weighted by Gasteiger charge is 2.34. The van der Waals surface area contributed by atoms with Crippen molar-refractivity contribution in [2.45, 2.75) is 30.1 Å². The number of sulfonamides is 1. The van der Waals surface area contributed by atoms with Gasteiger partial charge in [0.2, 0.25) is 0 Å². The fourth-order valence-corrected chi connectivity index (χ4v) is 5.16. The summed E-state index contributed by atoms with van der Waals surface area (Å²) in [6.07, 6.45) is 1.14. The van der Waals surface area contributed by atoms with Crippen LogP contribution < -0.4 is 5.73 Å². The number of aryl methyl sites for hydroxylation is 1. The van der Waals surface area contributed by atoms with E-state index in [1.165, 1.54) is 4.31 Å². The van der Waals surface area contributed by atoms with Crippen LogP contribution in [0, 0.1) is 6.92 Å². The first kappa shape index (κ1) is 12.3. The minimum Gasteiger partial charge on any atom is -0.315 e. The van der Waals surface area contributed by atoms with Gasteiger partial charge in [-0.15, -0.1) is 11.3 Å². The molecular formula is C9H13ClN2O2S2. The van der Waals surface area contributed by atoms with Crippen molar-refractivity contribution in [2.75, 3.05) is 6.54 Å². The molecular weight excluding hydrogens is 268 g/mol. The number of hydrogen-bond acceptors (Lipinski definition) is 4. The van der Waals surface area contributed by atoms with Crippen LogP contribution in [0.5, 0.6) is 0 Å². The Bertz CT molecular complexity index is 478. The Hall–Kier alpha value is -0.140. The van der Waals surface area contributed by atoms with Crippen LogP contribution in [0.25, 0.3) is 0 Å². The third-order valence-corrected chi connectivity index (χ3v) is 6.57. The van der Waals surface area contributed by atoms with Gasteiger partial charge in [-0.1, -0.05) is 11.6 Å². The van der Waals surface area contributed by atoms with Gasteiger partial charge in [0.25, 0.3) is 10.0 Å². The molecule has 0 aliphatic carbocycles. The van der Waals surface area contributed by atoms with Gasteiger partial charge >= 0.3 is 0 Å². The Morgan fingerprint density at radius 1 is 1.62 bits per heavy atom. The van der Waals surface area contributed by atoms with Crippen molar-refractivity contribution in [1.29, 1.82) is 0 Å². The van der Waals surface area contributed by atoms with E-state index in [2.05, 4.69) is 0 Å². The molecule has 0 amide bonds. The summed E-state index contributed by atoms with van der Waals surface area (Å²) in [5.41, 5.74) is 6.56. The lowest BCUT2D eigenvalue weighted by Crippen LogP contribution is -2.40. The Morgan fingerprint density at radius 3 is 2.75 bits per heavy atom. The van der Waals surface area contributed by atoms with E-state index in [1.807, 2.05) is 0 Å². The van der Waals surface area contributed by atoms with Crippen LogP contribution in [0.4, 0.5) is 0 Å². The molecule has 0 saturated carbocycles. The van der Waals surface area contributed by atoms with Gasteiger partial charge < -0.3 is 5.73 Å². The van der Waals surface area contributed by atoms with Crippen molar-refractivity contribution in [3.8, 4) is 0 Å². The first-order valence-electron chi connectivity index (χ1n) is 4.96. The Kier molecular flexibility index (Phi) is 3.29. The van der Waals surface area contributed by atoms with E-state index >= 15 is 0 Å². The van der Waals surface area contributed by atoms with Gasteiger partial charge in [0, 0.05) is 6.54 Å². The van der Waals surface area contributed by atoms with Crippen molar-refractivity contribution in [2.24, 2.45) is 5.73 Å². The van der Waals surface area contributed by atoms with E-state index in [1.54, 1.807) is 13.0 Å². The number of halogens is 1. The second-order valence-corrected chi connectivity index (χ2v) is 7.62. The second kappa shape index (κ2) is 4.27. The third kappa shape index (κ3) is 2.00. The van der Waals surface area contributed by atoms with Crippen LogP contribution in [-0.4, -0.2) is 25.4 Å². The van der Waals surface area contributed by atoms with Crippen LogP contribution in [0.1, 0.15) is 18.4 Å². The minimum atomic E-state index is -3.45. The SMILES string of the molecule is Cc1cc(S(=O)(=O)N2CCCC2N)sc1Cl. The molecule has 0 bridgehead atoms. The highest BCUT2D eigenvalue weighted by atomic mass is 35.5. The number of thiophene rings is 1. The summed E-state index contributed by atoms with van der Waals surface area (Å²) >= 11 is 6.97. The van der Waals surface area contributed by atoms with Crippen LogP contribution in [0.2, 0.25) is 4.34 Å². The van der Waals surface area contributed by atoms with Gasteiger partial charge in [-0.3, -0.25) is 0 Å². The number of nitrogens with zero attached hydrogens (tertiary/aromatic N) is 1. The summed E-state index contributed by atoms with van der Waals surface area (Å²) in [5.74, 6) is 0. The first-order chi connectivity index (χ1) is 7.43. The Morgan fingerprint density at radius 2 is 2.31 bits per heavy atom. The largest absolute Gasteiger partial charge is 0.315 e. The number of nitrogens with two attached hydrogens (primary N) is 1. The molecule has 1 aliphatic rings. The molecule has 16 heavy (non-hydrogen) atoms. The lowest BCUT2D eigenvalue weighted by Gasteiger charge is -2.19. The predicted octanol–water partition coefficient (Wildman–Crippen LogP) is 1.78. The zero-order chi connectivity index (χ0) is 11.9. The highest BCUT2D eigenvalue weighted by molar-refractivity contribution is 7.91. The monoisotopic (exact) mass is 280 g/mol. The van der Waals surface area contributed by atoms with Crippen molar-refractivity contribution < 1.29 is 8.42 Å². The normalized spacial score (nSPS) is 22.8. The molecule has 4 nitrogen and oxygen atoms in total. The first-order valence-corrected chi connectivity index (χ1v) is 7.60. The maximum Gasteiger partial charge on any atom is 0.253 e. The predicted molar refractivity (Wildman–Crippen MR) is 65.2 cm³/mol. The van der Waals surface area contributed by atoms with Crippen molar-refractivity contribution in [1.82, 2.24) is 4.31 Å². The molecule has 2 rings (SSSR count). The van der Waals surface area contributed by atoms with Crippen LogP contribution in [-0.2, 0) is 10.0 Å². The zero-order valence-electron chi connectivity index (χ0n) is 8.81. The fourth-order valence-electron chi connectivity index (χ4n) is 1.74. The molecule has 1 fully saturated rings. The lowest BCUT2D eigenvalue weighted by molar-refractivity contribution is 0.397. The van der Waals surface area contributed by atoms with E-state index < -0.39 is 16.2 Å². The molecule has 0 aromatic carbocycles. The highest BCUT2D eigenvalue weighted by Crippen LogP contribution is 2.33. The summed E-state index contributed by atoms with van der Waals surface area (Å²) in [4.78, 5) is 0. The van der Waals surface area contributed by atoms with Crippen LogP contribution in [0.3, 0.4) is 0 Å². The van der Waals surface area contributed by atoms with E-state index in [0.717, 1.165) is 29.7 Å². The van der Waals surface area contributed by atoms with Crippen molar-refractivity contribution >= 4 is 33.0 Å². The summed E-state index contributed by atoms with van der Waals surface area (Å²) in [6, 6.07) is 1.60. The summed E-state index contributed by atoms with van der Waals surface area (Å²) in [7, 11) is -3.45. The number of rotatable bonds is 2. The summed E-state index contributed by atoms with van der Waals surface area (Å²) in [5, 5.41) is 0. The van der Waals surface area contributed by atoms with E-state index in [9.17, 15) is 8.42 Å². The van der Waals surface area contributed by atoms with Crippen LogP contribution >= 0.6 is 22.9 Å². The molecule has 1 aromatic heterocycles. The van der Waals surface area contributed by atoms with Crippen LogP contribution in [0.15, 0.2) is 10.3 Å². The van der Waals surface area contributed by atoms with Gasteiger partial charge in [-0.05, 0) is 31.4 Å². The number of hydrogen-bond donors (Lipinski definition) is 1. The van der Waals surface area contributed by atoms with Gasteiger partial charge in [0.1, 0.15) is 4.21 Å². The second-order valence-electron chi connectivity index (χ2n) is 3.85. The third-order valence-electron chi connectivity index (χ3n) is 2.65. The molecule has 1 atom stereocenters. The van der Waals surface area contributed by atoms with E-state index in [4.69, 9.17) is 17.3 Å². The molecule has 0 radical (unpaired) electrons. The minimum absolute atomic E-state index is 0.285. The summed E-state index contributed by atoms with van der Waals surface area (Å²) in [6.45, 7) is 2.29. The molecule has 1 aliphatic heterocycles. The Labute approximate surface area is 104 Å². The smallest absolute Gasteiger partial charge is 0.253 e. The maximum atomic E-state index is 12.2. The Balaban J connectivity index is 2.38. The van der Waals surface area contributed by atoms with E-state index in [0.29, 0.717) is 10.9 Å². The average Bonchev–Trinajstić information content (AvgIpc) is 2.75. The summed E-state index contributed by atoms with van der Waals surface area (Å²) < 4.78 is 26.6. The average molecular weight is 281 g/mol. The molecule has 2 heterocycles. The van der Waals surface area contributed by atoms with Gasteiger partial charge in [0.15, 0.2) is 0 Å². The molecule has 1 aromatic rings. The topological polar surface area (TPSA) is 63.4 Å². The van der Waals surface area contributed by atoms with Crippen molar-refractivity contribution in [3.63, 3.8) is 0 Å². The van der Waals surface area contributed by atoms with Gasteiger partial charge in [-0.2, -0.15) is 4.31 Å². The lowest BCUT2D eigenvalue weighted by atomic mass is 10.3. The maximum absolute atomic E-state index is 12.2. The molecule has 7 heteroatoms. The molecule has 2 N–H and O–H groups in total. The fraction of sp³-hybridized carbons (Fsp3) is 0.556. The van der Waals surface area contributed by atoms with Gasteiger partial charge in [0.05, 0.1) is 10.5 Å². The molecule has 1 saturated heterocycles. The van der Waals surface area contributed by atoms with Crippen molar-refractivity contribution in [3.05, 3.63) is 16.0 Å². The molecule has 90 valence electrons. The molecule has 1 unspecified atom stereocenters. The quantitative estimate of drug-likeness (QED) is 0.898. The standard InChI is InChI=1S/C9H13ClN2O2S2/c1-6-5-8(15-9(6)10)16(13,14)12-4-2-3-7(12)11/h5,7H,2-4,11H2,1H3. The zero-order valence-corrected chi connectivity index (χ0v) is 11.2.